The molecule has 0 bridgehead atoms. The molecule has 3 aromatic rings. The van der Waals surface area contributed by atoms with E-state index >= 15 is 0 Å². The third kappa shape index (κ3) is 6.20. The number of hydrogen-bond donors (Lipinski definition) is 0. The van der Waals surface area contributed by atoms with Gasteiger partial charge >= 0.3 is 18.4 Å². The number of fused-ring (bicyclic) bond motifs is 1. The van der Waals surface area contributed by atoms with Crippen LogP contribution in [0.1, 0.15) is 53.7 Å². The van der Waals surface area contributed by atoms with E-state index in [9.17, 15) is 31.1 Å². The fraction of sp³-hybridized carbons (Fsp3) is 0.367. The number of amides is 1. The summed E-state index contributed by atoms with van der Waals surface area (Å²) in [5.41, 5.74) is -2.83. The smallest absolute Gasteiger partial charge is 0.416 e. The molecular formula is C30H27F6NO4. The summed E-state index contributed by atoms with van der Waals surface area (Å²) >= 11 is 0. The van der Waals surface area contributed by atoms with Crippen LogP contribution < -0.4 is 0 Å². The summed E-state index contributed by atoms with van der Waals surface area (Å²) in [7, 11) is 0. The van der Waals surface area contributed by atoms with Crippen LogP contribution >= 0.6 is 0 Å². The molecule has 2 unspecified atom stereocenters. The molecule has 0 radical (unpaired) electrons. The molecule has 0 aromatic heterocycles. The van der Waals surface area contributed by atoms with Gasteiger partial charge in [-0.3, -0.25) is 4.90 Å². The van der Waals surface area contributed by atoms with Crippen molar-refractivity contribution in [3.63, 3.8) is 0 Å². The van der Waals surface area contributed by atoms with E-state index < -0.39 is 47.4 Å². The number of alkyl halides is 6. The second kappa shape index (κ2) is 11.0. The first-order valence-corrected chi connectivity index (χ1v) is 13.0. The Kier molecular flexibility index (Phi) is 7.78. The van der Waals surface area contributed by atoms with Crippen molar-refractivity contribution < 1.29 is 45.3 Å². The normalized spacial score (nSPS) is 23.0. The van der Waals surface area contributed by atoms with Gasteiger partial charge in [0, 0.05) is 0 Å². The van der Waals surface area contributed by atoms with E-state index in [2.05, 4.69) is 0 Å². The van der Waals surface area contributed by atoms with Crippen molar-refractivity contribution in [2.24, 2.45) is 0 Å². The Morgan fingerprint density at radius 3 is 2.12 bits per heavy atom. The van der Waals surface area contributed by atoms with Crippen molar-refractivity contribution in [1.82, 2.24) is 4.90 Å². The minimum Gasteiger partial charge on any atom is -0.444 e. The fourth-order valence-corrected chi connectivity index (χ4v) is 5.21. The van der Waals surface area contributed by atoms with Crippen molar-refractivity contribution in [1.29, 1.82) is 0 Å². The molecule has 3 aromatic carbocycles. The second-order valence-electron chi connectivity index (χ2n) is 10.2. The Balaban J connectivity index is 1.45. The second-order valence-corrected chi connectivity index (χ2v) is 10.2. The number of halogens is 6. The number of nitrogens with zero attached hydrogens (tertiary/aromatic N) is 1. The maximum absolute atomic E-state index is 13.5. The minimum absolute atomic E-state index is 0.000142. The van der Waals surface area contributed by atoms with Crippen LogP contribution in [0.4, 0.5) is 31.1 Å². The van der Waals surface area contributed by atoms with E-state index in [4.69, 9.17) is 14.2 Å². The highest BCUT2D eigenvalue weighted by atomic mass is 19.4. The van der Waals surface area contributed by atoms with Crippen molar-refractivity contribution in [3.05, 3.63) is 107 Å². The average molecular weight is 580 g/mol. The molecule has 2 fully saturated rings. The van der Waals surface area contributed by atoms with Crippen molar-refractivity contribution in [3.8, 4) is 0 Å². The van der Waals surface area contributed by atoms with Gasteiger partial charge < -0.3 is 14.2 Å². The van der Waals surface area contributed by atoms with E-state index in [1.165, 1.54) is 11.8 Å². The van der Waals surface area contributed by atoms with Crippen LogP contribution in [0.15, 0.2) is 78.9 Å². The first kappa shape index (κ1) is 28.9. The molecule has 0 N–H and O–H groups in total. The van der Waals surface area contributed by atoms with Crippen LogP contribution in [0.25, 0.3) is 0 Å². The molecule has 0 saturated carbocycles. The Bertz CT molecular complexity index is 1330. The van der Waals surface area contributed by atoms with E-state index in [0.29, 0.717) is 30.5 Å². The van der Waals surface area contributed by atoms with Gasteiger partial charge in [-0.25, -0.2) is 4.79 Å². The Labute approximate surface area is 232 Å². The maximum Gasteiger partial charge on any atom is 0.416 e. The van der Waals surface area contributed by atoms with Crippen molar-refractivity contribution in [2.45, 2.75) is 62.7 Å². The molecule has 2 heterocycles. The Morgan fingerprint density at radius 1 is 0.951 bits per heavy atom. The van der Waals surface area contributed by atoms with Crippen LogP contribution in [0.2, 0.25) is 0 Å². The summed E-state index contributed by atoms with van der Waals surface area (Å²) in [6.45, 7) is 1.16. The molecular weight excluding hydrogens is 552 g/mol. The Morgan fingerprint density at radius 2 is 1.54 bits per heavy atom. The number of rotatable bonds is 7. The van der Waals surface area contributed by atoms with Crippen molar-refractivity contribution >= 4 is 6.09 Å². The summed E-state index contributed by atoms with van der Waals surface area (Å²) < 4.78 is 98.2. The molecule has 1 amide bonds. The molecule has 0 spiro atoms. The Hall–Kier alpha value is -3.57. The first-order valence-electron chi connectivity index (χ1n) is 13.0. The SMILES string of the molecule is C[C@@H](OC[C@@]1(c2ccccc2)CCC2OC2N1C(=O)OCc1ccccc1)c1cc(C(F)(F)F)cc(C(F)(F)F)c1. The average Bonchev–Trinajstić information content (AvgIpc) is 3.74. The number of carbonyl (C=O) groups excluding carboxylic acids is 1. The number of ether oxygens (including phenoxy) is 3. The zero-order valence-corrected chi connectivity index (χ0v) is 21.9. The number of hydrogen-bond acceptors (Lipinski definition) is 4. The zero-order chi connectivity index (χ0) is 29.4. The predicted molar refractivity (Wildman–Crippen MR) is 135 cm³/mol. The number of carbonyl (C=O) groups is 1. The molecule has 41 heavy (non-hydrogen) atoms. The van der Waals surface area contributed by atoms with Gasteiger partial charge in [0.2, 0.25) is 0 Å². The zero-order valence-electron chi connectivity index (χ0n) is 21.9. The van der Waals surface area contributed by atoms with Crippen molar-refractivity contribution in [2.75, 3.05) is 6.61 Å². The molecule has 4 atom stereocenters. The van der Waals surface area contributed by atoms with Gasteiger partial charge in [0.25, 0.3) is 0 Å². The number of epoxide rings is 1. The molecule has 5 nitrogen and oxygen atoms in total. The van der Waals surface area contributed by atoms with E-state index in [1.807, 2.05) is 18.2 Å². The number of benzene rings is 3. The van der Waals surface area contributed by atoms with Gasteiger partial charge in [-0.2, -0.15) is 26.3 Å². The summed E-state index contributed by atoms with van der Waals surface area (Å²) in [5, 5.41) is 0. The van der Waals surface area contributed by atoms with Gasteiger partial charge in [-0.1, -0.05) is 60.7 Å². The van der Waals surface area contributed by atoms with E-state index in [1.54, 1.807) is 42.5 Å². The van der Waals surface area contributed by atoms with Gasteiger partial charge in [-0.05, 0) is 54.7 Å². The lowest BCUT2D eigenvalue weighted by Crippen LogP contribution is -2.56. The number of piperidine rings is 1. The fourth-order valence-electron chi connectivity index (χ4n) is 5.21. The number of likely N-dealkylation sites (tertiary alicyclic amines) is 1. The highest BCUT2D eigenvalue weighted by molar-refractivity contribution is 5.70. The highest BCUT2D eigenvalue weighted by Gasteiger charge is 2.60. The van der Waals surface area contributed by atoms with E-state index in [0.717, 1.165) is 5.56 Å². The topological polar surface area (TPSA) is 51.3 Å². The van der Waals surface area contributed by atoms with Crippen LogP contribution in [-0.4, -0.2) is 29.9 Å². The molecule has 218 valence electrons. The maximum atomic E-state index is 13.5. The molecule has 0 aliphatic carbocycles. The summed E-state index contributed by atoms with van der Waals surface area (Å²) in [6, 6.07) is 19.4. The predicted octanol–water partition coefficient (Wildman–Crippen LogP) is 7.85. The molecule has 2 saturated heterocycles. The minimum atomic E-state index is -4.98. The highest BCUT2D eigenvalue weighted by Crippen LogP contribution is 2.49. The van der Waals surface area contributed by atoms with Crippen LogP contribution in [0.3, 0.4) is 0 Å². The monoisotopic (exact) mass is 579 g/mol. The largest absolute Gasteiger partial charge is 0.444 e. The van der Waals surface area contributed by atoms with Crippen LogP contribution in [0.5, 0.6) is 0 Å². The molecule has 5 rings (SSSR count). The van der Waals surface area contributed by atoms with Crippen LogP contribution in [0, 0.1) is 0 Å². The third-order valence-corrected chi connectivity index (χ3v) is 7.48. The third-order valence-electron chi connectivity index (χ3n) is 7.48. The standard InChI is InChI=1S/C30H27F6NO4/c1-19(21-14-23(29(31,32)33)16-24(15-21)30(34,35)36)40-18-28(22-10-6-3-7-11-22)13-12-25-26(41-25)37(28)27(38)39-17-20-8-4-2-5-9-20/h2-11,14-16,19,25-26H,12-13,17-18H2,1H3/t19-,25?,26?,28-/m1/s1. The lowest BCUT2D eigenvalue weighted by molar-refractivity contribution is -0.143. The molecule has 2 aliphatic rings. The quantitative estimate of drug-likeness (QED) is 0.211. The lowest BCUT2D eigenvalue weighted by Gasteiger charge is -2.45. The first-order chi connectivity index (χ1) is 19.4. The molecule has 2 aliphatic heterocycles. The van der Waals surface area contributed by atoms with Gasteiger partial charge in [0.15, 0.2) is 6.23 Å². The van der Waals surface area contributed by atoms with Gasteiger partial charge in [-0.15, -0.1) is 0 Å². The summed E-state index contributed by atoms with van der Waals surface area (Å²) in [5.74, 6) is 0. The summed E-state index contributed by atoms with van der Waals surface area (Å²) in [6.07, 6.45) is -11.7. The molecule has 11 heteroatoms. The van der Waals surface area contributed by atoms with E-state index in [-0.39, 0.29) is 30.9 Å². The van der Waals surface area contributed by atoms with Gasteiger partial charge in [0.1, 0.15) is 12.7 Å². The summed E-state index contributed by atoms with van der Waals surface area (Å²) in [4.78, 5) is 15.0. The van der Waals surface area contributed by atoms with Crippen LogP contribution in [-0.2, 0) is 38.7 Å². The van der Waals surface area contributed by atoms with Gasteiger partial charge in [0.05, 0.1) is 29.4 Å². The lowest BCUT2D eigenvalue weighted by atomic mass is 9.81.